The van der Waals surface area contributed by atoms with Gasteiger partial charge in [0.05, 0.1) is 18.4 Å². The predicted molar refractivity (Wildman–Crippen MR) is 99.8 cm³/mol. The Morgan fingerprint density at radius 3 is 2.79 bits per heavy atom. The van der Waals surface area contributed by atoms with Crippen molar-refractivity contribution in [2.45, 2.75) is 44.6 Å². The molecular formula is C18H19N5O4S. The Bertz CT molecular complexity index is 972. The van der Waals surface area contributed by atoms with E-state index in [1.54, 1.807) is 24.4 Å². The number of rotatable bonds is 6. The molecule has 146 valence electrons. The van der Waals surface area contributed by atoms with Gasteiger partial charge >= 0.3 is 0 Å². The molecule has 0 bridgehead atoms. The smallest absolute Gasteiger partial charge is 0.293 e. The lowest BCUT2D eigenvalue weighted by atomic mass is 9.96. The van der Waals surface area contributed by atoms with Crippen molar-refractivity contribution in [1.29, 1.82) is 0 Å². The van der Waals surface area contributed by atoms with E-state index in [0.29, 0.717) is 22.5 Å². The number of carbonyl (C=O) groups is 2. The van der Waals surface area contributed by atoms with E-state index in [9.17, 15) is 9.59 Å². The summed E-state index contributed by atoms with van der Waals surface area (Å²) in [5.41, 5.74) is -0.00373. The molecule has 0 aliphatic heterocycles. The van der Waals surface area contributed by atoms with Crippen molar-refractivity contribution in [1.82, 2.24) is 20.4 Å². The van der Waals surface area contributed by atoms with Crippen LogP contribution in [-0.2, 0) is 16.8 Å². The first-order valence-corrected chi connectivity index (χ1v) is 9.83. The van der Waals surface area contributed by atoms with Gasteiger partial charge < -0.3 is 14.3 Å². The van der Waals surface area contributed by atoms with E-state index < -0.39 is 5.54 Å². The molecule has 1 fully saturated rings. The first-order valence-electron chi connectivity index (χ1n) is 8.95. The maximum atomic E-state index is 12.6. The highest BCUT2D eigenvalue weighted by atomic mass is 32.1. The van der Waals surface area contributed by atoms with Gasteiger partial charge in [-0.1, -0.05) is 18.0 Å². The number of nitrogens with one attached hydrogen (secondary N) is 2. The van der Waals surface area contributed by atoms with Gasteiger partial charge in [0.25, 0.3) is 5.91 Å². The van der Waals surface area contributed by atoms with E-state index in [1.807, 2.05) is 0 Å². The van der Waals surface area contributed by atoms with Crippen LogP contribution in [0.5, 0.6) is 0 Å². The maximum absolute atomic E-state index is 12.6. The third kappa shape index (κ3) is 3.81. The summed E-state index contributed by atoms with van der Waals surface area (Å²) in [6.45, 7) is 1.73. The fourth-order valence-electron chi connectivity index (χ4n) is 3.36. The molecule has 3 aromatic rings. The molecule has 3 heterocycles. The fraction of sp³-hybridized carbons (Fsp3) is 0.389. The van der Waals surface area contributed by atoms with Crippen LogP contribution in [0.1, 0.15) is 53.6 Å². The lowest BCUT2D eigenvalue weighted by Gasteiger charge is -2.26. The SMILES string of the molecule is Cc1nc(C2(NC(=O)Cc3csc(NC(=O)c4ccco4)n3)CCCC2)no1. The summed E-state index contributed by atoms with van der Waals surface area (Å²) >= 11 is 1.25. The van der Waals surface area contributed by atoms with Gasteiger partial charge in [-0.05, 0) is 25.0 Å². The molecule has 9 nitrogen and oxygen atoms in total. The molecule has 1 saturated carbocycles. The molecule has 0 spiro atoms. The van der Waals surface area contributed by atoms with Crippen LogP contribution < -0.4 is 10.6 Å². The van der Waals surface area contributed by atoms with Crippen molar-refractivity contribution in [2.75, 3.05) is 5.32 Å². The first kappa shape index (κ1) is 18.4. The van der Waals surface area contributed by atoms with Gasteiger partial charge in [-0.3, -0.25) is 14.9 Å². The number of furan rings is 1. The zero-order chi connectivity index (χ0) is 19.6. The average Bonchev–Trinajstić information content (AvgIpc) is 3.42. The largest absolute Gasteiger partial charge is 0.459 e. The molecule has 3 aromatic heterocycles. The van der Waals surface area contributed by atoms with Crippen molar-refractivity contribution in [3.63, 3.8) is 0 Å². The summed E-state index contributed by atoms with van der Waals surface area (Å²) in [6.07, 6.45) is 5.07. The van der Waals surface area contributed by atoms with Gasteiger partial charge in [0.2, 0.25) is 11.8 Å². The molecule has 0 radical (unpaired) electrons. The normalized spacial score (nSPS) is 15.5. The molecule has 10 heteroatoms. The molecule has 1 aliphatic carbocycles. The Morgan fingerprint density at radius 1 is 1.29 bits per heavy atom. The van der Waals surface area contributed by atoms with E-state index in [0.717, 1.165) is 25.7 Å². The third-order valence-electron chi connectivity index (χ3n) is 4.65. The summed E-state index contributed by atoms with van der Waals surface area (Å²) in [6, 6.07) is 3.20. The van der Waals surface area contributed by atoms with Crippen molar-refractivity contribution in [3.8, 4) is 0 Å². The topological polar surface area (TPSA) is 123 Å². The summed E-state index contributed by atoms with van der Waals surface area (Å²) in [4.78, 5) is 33.3. The highest BCUT2D eigenvalue weighted by molar-refractivity contribution is 7.14. The van der Waals surface area contributed by atoms with Gasteiger partial charge in [0.1, 0.15) is 5.54 Å². The van der Waals surface area contributed by atoms with Gasteiger partial charge in [-0.15, -0.1) is 11.3 Å². The van der Waals surface area contributed by atoms with Gasteiger partial charge in [-0.2, -0.15) is 4.98 Å². The predicted octanol–water partition coefficient (Wildman–Crippen LogP) is 2.81. The van der Waals surface area contributed by atoms with Crippen LogP contribution in [0.3, 0.4) is 0 Å². The molecule has 0 saturated heterocycles. The maximum Gasteiger partial charge on any atom is 0.293 e. The number of aromatic nitrogens is 3. The lowest BCUT2D eigenvalue weighted by Crippen LogP contribution is -2.45. The summed E-state index contributed by atoms with van der Waals surface area (Å²) < 4.78 is 10.2. The van der Waals surface area contributed by atoms with Crippen LogP contribution in [0.2, 0.25) is 0 Å². The molecule has 0 atom stereocenters. The average molecular weight is 401 g/mol. The Labute approximate surface area is 164 Å². The number of hydrogen-bond acceptors (Lipinski definition) is 8. The van der Waals surface area contributed by atoms with Gasteiger partial charge in [0, 0.05) is 12.3 Å². The van der Waals surface area contributed by atoms with Crippen molar-refractivity contribution >= 4 is 28.3 Å². The number of nitrogens with zero attached hydrogens (tertiary/aromatic N) is 3. The van der Waals surface area contributed by atoms with Crippen LogP contribution in [-0.4, -0.2) is 26.9 Å². The quantitative estimate of drug-likeness (QED) is 0.651. The summed E-state index contributed by atoms with van der Waals surface area (Å²) in [5, 5.41) is 11.9. The standard InChI is InChI=1S/C18H19N5O4S/c1-11-19-16(23-27-11)18(6-2-3-7-18)22-14(24)9-12-10-28-17(20-12)21-15(25)13-5-4-8-26-13/h4-5,8,10H,2-3,6-7,9H2,1H3,(H,22,24)(H,20,21,25). The monoisotopic (exact) mass is 401 g/mol. The van der Waals surface area contributed by atoms with Crippen LogP contribution in [0.15, 0.2) is 32.7 Å². The van der Waals surface area contributed by atoms with Crippen LogP contribution in [0.4, 0.5) is 5.13 Å². The molecule has 2 N–H and O–H groups in total. The van der Waals surface area contributed by atoms with Crippen molar-refractivity contribution in [3.05, 3.63) is 46.9 Å². The zero-order valence-corrected chi connectivity index (χ0v) is 16.0. The van der Waals surface area contributed by atoms with Crippen molar-refractivity contribution in [2.24, 2.45) is 0 Å². The highest BCUT2D eigenvalue weighted by Gasteiger charge is 2.41. The Hall–Kier alpha value is -3.01. The van der Waals surface area contributed by atoms with E-state index >= 15 is 0 Å². The molecule has 0 aromatic carbocycles. The molecule has 28 heavy (non-hydrogen) atoms. The number of hydrogen-bond donors (Lipinski definition) is 2. The van der Waals surface area contributed by atoms with E-state index in [1.165, 1.54) is 17.6 Å². The molecule has 2 amide bonds. The highest BCUT2D eigenvalue weighted by Crippen LogP contribution is 2.37. The van der Waals surface area contributed by atoms with Crippen LogP contribution in [0, 0.1) is 6.92 Å². The zero-order valence-electron chi connectivity index (χ0n) is 15.2. The second-order valence-corrected chi connectivity index (χ2v) is 7.58. The minimum atomic E-state index is -0.582. The third-order valence-corrected chi connectivity index (χ3v) is 5.46. The second kappa shape index (κ2) is 7.55. The lowest BCUT2D eigenvalue weighted by molar-refractivity contribution is -0.122. The Morgan fingerprint density at radius 2 is 2.11 bits per heavy atom. The Kier molecular flexibility index (Phi) is 4.95. The Balaban J connectivity index is 1.40. The first-order chi connectivity index (χ1) is 13.5. The molecule has 1 aliphatic rings. The van der Waals surface area contributed by atoms with Gasteiger partial charge in [0.15, 0.2) is 16.7 Å². The van der Waals surface area contributed by atoms with E-state index in [-0.39, 0.29) is 24.0 Å². The number of aryl methyl sites for hydroxylation is 1. The molecule has 4 rings (SSSR count). The van der Waals surface area contributed by atoms with Crippen molar-refractivity contribution < 1.29 is 18.5 Å². The summed E-state index contributed by atoms with van der Waals surface area (Å²) in [5.74, 6) is 0.659. The van der Waals surface area contributed by atoms with Crippen LogP contribution >= 0.6 is 11.3 Å². The number of carbonyl (C=O) groups excluding carboxylic acids is 2. The minimum absolute atomic E-state index is 0.103. The van der Waals surface area contributed by atoms with Crippen LogP contribution in [0.25, 0.3) is 0 Å². The number of anilines is 1. The summed E-state index contributed by atoms with van der Waals surface area (Å²) in [7, 11) is 0. The van der Waals surface area contributed by atoms with Gasteiger partial charge in [-0.25, -0.2) is 4.98 Å². The second-order valence-electron chi connectivity index (χ2n) is 6.73. The fourth-order valence-corrected chi connectivity index (χ4v) is 4.07. The number of amides is 2. The molecular weight excluding hydrogens is 382 g/mol. The van der Waals surface area contributed by atoms with E-state index in [2.05, 4.69) is 25.8 Å². The van der Waals surface area contributed by atoms with E-state index in [4.69, 9.17) is 8.94 Å². The minimum Gasteiger partial charge on any atom is -0.459 e. The number of thiazole rings is 1. The molecule has 0 unspecified atom stereocenters.